The van der Waals surface area contributed by atoms with Gasteiger partial charge in [0.15, 0.2) is 0 Å². The molecule has 5 nitrogen and oxygen atoms in total. The number of aromatic carboxylic acids is 1. The van der Waals surface area contributed by atoms with Crippen molar-refractivity contribution in [1.29, 1.82) is 0 Å². The fourth-order valence-corrected chi connectivity index (χ4v) is 1.91. The van der Waals surface area contributed by atoms with Gasteiger partial charge in [-0.15, -0.1) is 11.3 Å². The Balaban J connectivity index is 2.48. The molecule has 1 aromatic heterocycles. The van der Waals surface area contributed by atoms with E-state index in [0.717, 1.165) is 4.88 Å². The number of methoxy groups -OCH3 is 1. The first-order valence-electron chi connectivity index (χ1n) is 4.66. The minimum atomic E-state index is -0.941. The van der Waals surface area contributed by atoms with Gasteiger partial charge in [0.2, 0.25) is 0 Å². The first-order chi connectivity index (χ1) is 7.54. The minimum absolute atomic E-state index is 0.271. The van der Waals surface area contributed by atoms with Crippen molar-refractivity contribution >= 4 is 23.3 Å². The first-order valence-corrected chi connectivity index (χ1v) is 5.54. The van der Waals surface area contributed by atoms with E-state index < -0.39 is 12.0 Å². The summed E-state index contributed by atoms with van der Waals surface area (Å²) in [5, 5.41) is 13.2. The molecule has 1 atom stereocenters. The molecule has 0 unspecified atom stereocenters. The van der Waals surface area contributed by atoms with Gasteiger partial charge in [-0.3, -0.25) is 10.1 Å². The number of nitrogens with one attached hydrogen (secondary N) is 1. The molecular formula is C10H13NO4S. The van der Waals surface area contributed by atoms with E-state index in [1.54, 1.807) is 18.4 Å². The Hall–Kier alpha value is -1.40. The van der Waals surface area contributed by atoms with E-state index in [1.165, 1.54) is 18.4 Å². The van der Waals surface area contributed by atoms with Crippen LogP contribution >= 0.6 is 11.3 Å². The Morgan fingerprint density at radius 1 is 1.62 bits per heavy atom. The number of carboxylic acid groups (broad SMARTS) is 1. The highest BCUT2D eigenvalue weighted by atomic mass is 32.1. The second-order valence-electron chi connectivity index (χ2n) is 3.23. The molecule has 2 N–H and O–H groups in total. The maximum absolute atomic E-state index is 11.1. The third-order valence-electron chi connectivity index (χ3n) is 2.04. The quantitative estimate of drug-likeness (QED) is 0.757. The number of esters is 1. The van der Waals surface area contributed by atoms with E-state index in [1.807, 2.05) is 0 Å². The zero-order valence-electron chi connectivity index (χ0n) is 9.02. The molecule has 0 radical (unpaired) electrons. The van der Waals surface area contributed by atoms with Gasteiger partial charge in [-0.1, -0.05) is 0 Å². The second-order valence-corrected chi connectivity index (χ2v) is 4.23. The van der Waals surface area contributed by atoms with Crippen LogP contribution in [0.2, 0.25) is 0 Å². The highest BCUT2D eigenvalue weighted by Gasteiger charge is 2.13. The Morgan fingerprint density at radius 2 is 2.31 bits per heavy atom. The number of carboxylic acids is 1. The number of hydrogen-bond donors (Lipinski definition) is 2. The number of carbonyl (C=O) groups excluding carboxylic acids is 1. The molecule has 88 valence electrons. The van der Waals surface area contributed by atoms with Crippen LogP contribution in [0.1, 0.15) is 22.2 Å². The van der Waals surface area contributed by atoms with Crippen LogP contribution in [-0.2, 0) is 16.1 Å². The molecular weight excluding hydrogens is 230 g/mol. The predicted molar refractivity (Wildman–Crippen MR) is 59.6 cm³/mol. The average molecular weight is 243 g/mol. The molecule has 1 aromatic rings. The molecule has 0 amide bonds. The van der Waals surface area contributed by atoms with Crippen LogP contribution in [-0.4, -0.2) is 30.2 Å². The lowest BCUT2D eigenvalue weighted by atomic mass is 10.3. The maximum atomic E-state index is 11.1. The average Bonchev–Trinajstić information content (AvgIpc) is 2.73. The first kappa shape index (κ1) is 12.7. The molecule has 0 saturated carbocycles. The Bertz CT molecular complexity index is 388. The number of ether oxygens (including phenoxy) is 1. The summed E-state index contributed by atoms with van der Waals surface area (Å²) in [6, 6.07) is 1.18. The summed E-state index contributed by atoms with van der Waals surface area (Å²) >= 11 is 1.34. The van der Waals surface area contributed by atoms with Crippen molar-refractivity contribution in [2.24, 2.45) is 0 Å². The van der Waals surface area contributed by atoms with Crippen LogP contribution in [0.5, 0.6) is 0 Å². The smallest absolute Gasteiger partial charge is 0.336 e. The Morgan fingerprint density at radius 3 is 2.81 bits per heavy atom. The lowest BCUT2D eigenvalue weighted by Crippen LogP contribution is -2.34. The molecule has 1 rings (SSSR count). The topological polar surface area (TPSA) is 75.6 Å². The molecule has 0 saturated heterocycles. The predicted octanol–water partition coefficient (Wildman–Crippen LogP) is 1.10. The van der Waals surface area contributed by atoms with Gasteiger partial charge < -0.3 is 9.84 Å². The van der Waals surface area contributed by atoms with Gasteiger partial charge in [-0.25, -0.2) is 4.79 Å². The normalized spacial score (nSPS) is 12.1. The lowest BCUT2D eigenvalue weighted by molar-refractivity contribution is -0.142. The van der Waals surface area contributed by atoms with E-state index in [9.17, 15) is 9.59 Å². The van der Waals surface area contributed by atoms with Crippen molar-refractivity contribution in [3.05, 3.63) is 21.9 Å². The van der Waals surface area contributed by atoms with Crippen molar-refractivity contribution in [3.63, 3.8) is 0 Å². The third-order valence-corrected chi connectivity index (χ3v) is 2.97. The van der Waals surface area contributed by atoms with Gasteiger partial charge in [0.05, 0.1) is 12.7 Å². The fraction of sp³-hybridized carbons (Fsp3) is 0.400. The zero-order chi connectivity index (χ0) is 12.1. The van der Waals surface area contributed by atoms with Gasteiger partial charge in [0.25, 0.3) is 0 Å². The van der Waals surface area contributed by atoms with E-state index in [2.05, 4.69) is 10.1 Å². The number of rotatable bonds is 5. The summed E-state index contributed by atoms with van der Waals surface area (Å²) in [6.45, 7) is 2.14. The van der Waals surface area contributed by atoms with Gasteiger partial charge in [0, 0.05) is 16.8 Å². The monoisotopic (exact) mass is 243 g/mol. The standard InChI is InChI=1S/C10H13NO4S/c1-6(10(14)15-2)11-4-8-3-7(5-16-8)9(12)13/h3,5-6,11H,4H2,1-2H3,(H,12,13)/t6-/m0/s1. The fourth-order valence-electron chi connectivity index (χ4n) is 1.10. The van der Waals surface area contributed by atoms with E-state index in [4.69, 9.17) is 5.11 Å². The molecule has 0 aromatic carbocycles. The van der Waals surface area contributed by atoms with E-state index in [0.29, 0.717) is 6.54 Å². The molecule has 6 heteroatoms. The van der Waals surface area contributed by atoms with Crippen LogP contribution in [0.4, 0.5) is 0 Å². The summed E-state index contributed by atoms with van der Waals surface area (Å²) in [5.41, 5.74) is 0.271. The van der Waals surface area contributed by atoms with Crippen molar-refractivity contribution < 1.29 is 19.4 Å². The molecule has 0 bridgehead atoms. The molecule has 0 spiro atoms. The summed E-state index contributed by atoms with van der Waals surface area (Å²) < 4.78 is 4.55. The highest BCUT2D eigenvalue weighted by molar-refractivity contribution is 7.10. The van der Waals surface area contributed by atoms with E-state index >= 15 is 0 Å². The van der Waals surface area contributed by atoms with Crippen LogP contribution in [0.3, 0.4) is 0 Å². The molecule has 0 aliphatic carbocycles. The maximum Gasteiger partial charge on any atom is 0.336 e. The SMILES string of the molecule is COC(=O)[C@H](C)NCc1cc(C(=O)O)cs1. The van der Waals surface area contributed by atoms with Crippen LogP contribution in [0, 0.1) is 0 Å². The van der Waals surface area contributed by atoms with Crippen molar-refractivity contribution in [2.45, 2.75) is 19.5 Å². The Kier molecular flexibility index (Phi) is 4.45. The molecule has 0 aliphatic heterocycles. The van der Waals surface area contributed by atoms with Gasteiger partial charge in [0.1, 0.15) is 6.04 Å². The summed E-state index contributed by atoms with van der Waals surface area (Å²) in [5.74, 6) is -1.28. The van der Waals surface area contributed by atoms with E-state index in [-0.39, 0.29) is 11.5 Å². The van der Waals surface area contributed by atoms with Crippen molar-refractivity contribution in [1.82, 2.24) is 5.32 Å². The molecule has 0 fully saturated rings. The second kappa shape index (κ2) is 5.62. The molecule has 0 aliphatic rings. The molecule has 1 heterocycles. The van der Waals surface area contributed by atoms with Crippen molar-refractivity contribution in [2.75, 3.05) is 7.11 Å². The van der Waals surface area contributed by atoms with Gasteiger partial charge in [-0.05, 0) is 13.0 Å². The van der Waals surface area contributed by atoms with Crippen molar-refractivity contribution in [3.8, 4) is 0 Å². The van der Waals surface area contributed by atoms with Crippen LogP contribution in [0.25, 0.3) is 0 Å². The summed E-state index contributed by atoms with van der Waals surface area (Å²) in [7, 11) is 1.33. The summed E-state index contributed by atoms with van der Waals surface area (Å²) in [6.07, 6.45) is 0. The number of carbonyl (C=O) groups is 2. The zero-order valence-corrected chi connectivity index (χ0v) is 9.84. The van der Waals surface area contributed by atoms with Gasteiger partial charge in [-0.2, -0.15) is 0 Å². The van der Waals surface area contributed by atoms with Crippen LogP contribution in [0.15, 0.2) is 11.4 Å². The van der Waals surface area contributed by atoms with Crippen LogP contribution < -0.4 is 5.32 Å². The molecule has 16 heavy (non-hydrogen) atoms. The Labute approximate surface area is 97.0 Å². The minimum Gasteiger partial charge on any atom is -0.478 e. The largest absolute Gasteiger partial charge is 0.478 e. The number of thiophene rings is 1. The summed E-state index contributed by atoms with van der Waals surface area (Å²) in [4.78, 5) is 22.6. The lowest BCUT2D eigenvalue weighted by Gasteiger charge is -2.09. The van der Waals surface area contributed by atoms with Gasteiger partial charge >= 0.3 is 11.9 Å². The third kappa shape index (κ3) is 3.32. The number of hydrogen-bond acceptors (Lipinski definition) is 5. The highest BCUT2D eigenvalue weighted by Crippen LogP contribution is 2.14.